The molecule has 34 heavy (non-hydrogen) atoms. The van der Waals surface area contributed by atoms with Crippen LogP contribution in [0.15, 0.2) is 28.8 Å². The van der Waals surface area contributed by atoms with E-state index in [4.69, 9.17) is 14.0 Å². The van der Waals surface area contributed by atoms with Gasteiger partial charge in [-0.25, -0.2) is 9.59 Å². The molecular weight excluding hydrogens is 438 g/mol. The summed E-state index contributed by atoms with van der Waals surface area (Å²) < 4.78 is 15.6. The van der Waals surface area contributed by atoms with Crippen molar-refractivity contribution in [3.05, 3.63) is 41.5 Å². The van der Waals surface area contributed by atoms with E-state index in [1.54, 1.807) is 26.0 Å². The number of piperazine rings is 1. The Balaban J connectivity index is 1.57. The van der Waals surface area contributed by atoms with Crippen molar-refractivity contribution in [1.82, 2.24) is 20.4 Å². The van der Waals surface area contributed by atoms with Crippen molar-refractivity contribution in [3.63, 3.8) is 0 Å². The first-order valence-electron chi connectivity index (χ1n) is 11.4. The number of methoxy groups -OCH3 is 1. The number of alkyl carbamates (subject to hydrolysis) is 1. The lowest BCUT2D eigenvalue weighted by Gasteiger charge is -2.40. The molecule has 0 saturated carbocycles. The predicted octanol–water partition coefficient (Wildman–Crippen LogP) is 3.33. The highest BCUT2D eigenvalue weighted by Crippen LogP contribution is 2.23. The van der Waals surface area contributed by atoms with Crippen LogP contribution in [0.2, 0.25) is 0 Å². The second-order valence-electron chi connectivity index (χ2n) is 10.1. The fourth-order valence-corrected chi connectivity index (χ4v) is 3.75. The van der Waals surface area contributed by atoms with Crippen molar-refractivity contribution in [3.8, 4) is 0 Å². The quantitative estimate of drug-likeness (QED) is 0.632. The van der Waals surface area contributed by atoms with Gasteiger partial charge < -0.3 is 24.2 Å². The highest BCUT2D eigenvalue weighted by Gasteiger charge is 2.32. The van der Waals surface area contributed by atoms with Gasteiger partial charge in [0.15, 0.2) is 5.82 Å². The summed E-state index contributed by atoms with van der Waals surface area (Å²) in [7, 11) is 1.38. The number of anilines is 1. The van der Waals surface area contributed by atoms with Crippen molar-refractivity contribution < 1.29 is 23.6 Å². The third kappa shape index (κ3) is 6.47. The molecule has 1 unspecified atom stereocenters. The fourth-order valence-electron chi connectivity index (χ4n) is 3.75. The van der Waals surface area contributed by atoms with E-state index in [0.717, 1.165) is 25.3 Å². The zero-order valence-electron chi connectivity index (χ0n) is 21.0. The van der Waals surface area contributed by atoms with Crippen LogP contribution < -0.4 is 10.2 Å². The molecule has 1 aliphatic rings. The number of esters is 1. The van der Waals surface area contributed by atoms with Crippen molar-refractivity contribution >= 4 is 17.7 Å². The Morgan fingerprint density at radius 1 is 1.15 bits per heavy atom. The second kappa shape index (κ2) is 10.0. The number of nitrogens with zero attached hydrogens (tertiary/aromatic N) is 4. The molecule has 0 spiro atoms. The van der Waals surface area contributed by atoms with Crippen LogP contribution in [0.1, 0.15) is 63.6 Å². The van der Waals surface area contributed by atoms with Gasteiger partial charge in [0.2, 0.25) is 5.89 Å². The minimum absolute atomic E-state index is 0.247. The van der Waals surface area contributed by atoms with Gasteiger partial charge in [-0.15, -0.1) is 0 Å². The van der Waals surface area contributed by atoms with Gasteiger partial charge in [-0.3, -0.25) is 4.90 Å². The zero-order valence-corrected chi connectivity index (χ0v) is 21.0. The molecule has 1 aromatic carbocycles. The maximum atomic E-state index is 12.2. The summed E-state index contributed by atoms with van der Waals surface area (Å²) in [4.78, 5) is 32.9. The van der Waals surface area contributed by atoms with Gasteiger partial charge in [0.1, 0.15) is 11.1 Å². The van der Waals surface area contributed by atoms with Crippen LogP contribution in [0, 0.1) is 0 Å². The smallest absolute Gasteiger partial charge is 0.408 e. The largest absolute Gasteiger partial charge is 0.465 e. The first kappa shape index (κ1) is 25.5. The molecule has 10 heteroatoms. The van der Waals surface area contributed by atoms with E-state index < -0.39 is 17.2 Å². The summed E-state index contributed by atoms with van der Waals surface area (Å²) >= 11 is 0. The van der Waals surface area contributed by atoms with E-state index in [1.807, 2.05) is 32.9 Å². The average Bonchev–Trinajstić information content (AvgIpc) is 3.22. The van der Waals surface area contributed by atoms with Crippen LogP contribution in [-0.2, 0) is 21.6 Å². The van der Waals surface area contributed by atoms with Crippen LogP contribution in [0.4, 0.5) is 10.5 Å². The Bertz CT molecular complexity index is 996. The molecule has 10 nitrogen and oxygen atoms in total. The molecule has 0 bridgehead atoms. The van der Waals surface area contributed by atoms with Crippen molar-refractivity contribution in [2.45, 2.75) is 65.3 Å². The number of ether oxygens (including phenoxy) is 2. The number of hydrogen-bond acceptors (Lipinski definition) is 9. The minimum Gasteiger partial charge on any atom is -0.465 e. The first-order valence-corrected chi connectivity index (χ1v) is 11.4. The molecule has 1 fully saturated rings. The molecule has 1 saturated heterocycles. The monoisotopic (exact) mass is 473 g/mol. The minimum atomic E-state index is -0.843. The third-order valence-corrected chi connectivity index (χ3v) is 5.60. The Hall–Kier alpha value is -3.14. The SMILES string of the molecule is COC(=O)c1ccc(N2CCN(Cc3nc(C(C)(C)NC(=O)OC(C)(C)C)no3)C(C)C2)cc1. The number of hydrogen-bond donors (Lipinski definition) is 1. The van der Waals surface area contributed by atoms with Gasteiger partial charge in [0.25, 0.3) is 0 Å². The lowest BCUT2D eigenvalue weighted by molar-refractivity contribution is 0.0464. The number of amides is 1. The van der Waals surface area contributed by atoms with Gasteiger partial charge in [-0.2, -0.15) is 4.98 Å². The summed E-state index contributed by atoms with van der Waals surface area (Å²) in [5.74, 6) is 0.551. The molecule has 186 valence electrons. The molecule has 2 aromatic rings. The molecule has 1 amide bonds. The van der Waals surface area contributed by atoms with Crippen LogP contribution >= 0.6 is 0 Å². The summed E-state index contributed by atoms with van der Waals surface area (Å²) in [6, 6.07) is 7.70. The number of aromatic nitrogens is 2. The second-order valence-corrected chi connectivity index (χ2v) is 10.1. The third-order valence-electron chi connectivity index (χ3n) is 5.60. The van der Waals surface area contributed by atoms with Crippen LogP contribution in [0.5, 0.6) is 0 Å². The van der Waals surface area contributed by atoms with Crippen LogP contribution in [0.25, 0.3) is 0 Å². The van der Waals surface area contributed by atoms with Gasteiger partial charge >= 0.3 is 12.1 Å². The normalized spacial score (nSPS) is 17.4. The molecule has 0 aliphatic carbocycles. The molecule has 1 atom stereocenters. The molecule has 1 aliphatic heterocycles. The Labute approximate surface area is 200 Å². The summed E-state index contributed by atoms with van der Waals surface area (Å²) in [5, 5.41) is 6.89. The molecule has 2 heterocycles. The van der Waals surface area contributed by atoms with Crippen molar-refractivity contribution in [2.75, 3.05) is 31.6 Å². The fraction of sp³-hybridized carbons (Fsp3) is 0.583. The van der Waals surface area contributed by atoms with E-state index in [0.29, 0.717) is 23.8 Å². The maximum absolute atomic E-state index is 12.2. The number of nitrogens with one attached hydrogen (secondary N) is 1. The zero-order chi connectivity index (χ0) is 25.1. The van der Waals surface area contributed by atoms with E-state index in [2.05, 4.69) is 32.2 Å². The number of carbonyl (C=O) groups excluding carboxylic acids is 2. The highest BCUT2D eigenvalue weighted by molar-refractivity contribution is 5.89. The predicted molar refractivity (Wildman–Crippen MR) is 127 cm³/mol. The Morgan fingerprint density at radius 3 is 2.41 bits per heavy atom. The standard InChI is InChI=1S/C24H35N5O5/c1-16-14-29(18-10-8-17(9-11-18)20(30)32-7)13-12-28(16)15-19-25-21(27-34-19)24(5,6)26-22(31)33-23(2,3)4/h8-11,16H,12-15H2,1-7H3,(H,26,31). The molecule has 1 aromatic heterocycles. The lowest BCUT2D eigenvalue weighted by Crippen LogP contribution is -2.51. The lowest BCUT2D eigenvalue weighted by atomic mass is 10.1. The van der Waals surface area contributed by atoms with Crippen molar-refractivity contribution in [2.24, 2.45) is 0 Å². The van der Waals surface area contributed by atoms with Gasteiger partial charge in [0, 0.05) is 31.4 Å². The average molecular weight is 474 g/mol. The Kier molecular flexibility index (Phi) is 7.50. The summed E-state index contributed by atoms with van der Waals surface area (Å²) in [6.45, 7) is 14.2. The van der Waals surface area contributed by atoms with E-state index in [1.165, 1.54) is 7.11 Å². The molecule has 1 N–H and O–H groups in total. The van der Waals surface area contributed by atoms with Crippen molar-refractivity contribution in [1.29, 1.82) is 0 Å². The summed E-state index contributed by atoms with van der Waals surface area (Å²) in [6.07, 6.45) is -0.534. The van der Waals surface area contributed by atoms with Gasteiger partial charge in [-0.05, 0) is 65.8 Å². The van der Waals surface area contributed by atoms with E-state index >= 15 is 0 Å². The molecule has 0 radical (unpaired) electrons. The van der Waals surface area contributed by atoms with Gasteiger partial charge in [-0.1, -0.05) is 5.16 Å². The first-order chi connectivity index (χ1) is 15.9. The number of benzene rings is 1. The maximum Gasteiger partial charge on any atom is 0.408 e. The Morgan fingerprint density at radius 2 is 1.82 bits per heavy atom. The van der Waals surface area contributed by atoms with E-state index in [-0.39, 0.29) is 12.0 Å². The van der Waals surface area contributed by atoms with Gasteiger partial charge in [0.05, 0.1) is 19.2 Å². The number of carbonyl (C=O) groups is 2. The molecular formula is C24H35N5O5. The topological polar surface area (TPSA) is 110 Å². The van der Waals surface area contributed by atoms with Crippen LogP contribution in [-0.4, -0.2) is 65.5 Å². The molecule has 3 rings (SSSR count). The number of rotatable bonds is 6. The van der Waals surface area contributed by atoms with Crippen LogP contribution in [0.3, 0.4) is 0 Å². The summed E-state index contributed by atoms with van der Waals surface area (Å²) in [5.41, 5.74) is 0.165. The highest BCUT2D eigenvalue weighted by atomic mass is 16.6. The van der Waals surface area contributed by atoms with E-state index in [9.17, 15) is 9.59 Å².